The molecule has 0 unspecified atom stereocenters. The lowest BCUT2D eigenvalue weighted by molar-refractivity contribution is -0.115. The van der Waals surface area contributed by atoms with Crippen LogP contribution in [0.4, 0.5) is 5.00 Å². The summed E-state index contributed by atoms with van der Waals surface area (Å²) in [6, 6.07) is 7.50. The van der Waals surface area contributed by atoms with Crippen molar-refractivity contribution in [2.24, 2.45) is 0 Å². The van der Waals surface area contributed by atoms with Crippen LogP contribution in [0.25, 0.3) is 0 Å². The Hall–Kier alpha value is -2.38. The molecule has 7 heteroatoms. The number of esters is 1. The first kappa shape index (κ1) is 22.3. The SMILES string of the molecule is CCCOc1ccc(CC(=O)Nc2sc3c(c2C(=O)OCC)CC(C)(C)OC3)cc1. The van der Waals surface area contributed by atoms with E-state index in [9.17, 15) is 9.59 Å². The van der Waals surface area contributed by atoms with Crippen molar-refractivity contribution in [3.05, 3.63) is 45.8 Å². The third-order valence-electron chi connectivity index (χ3n) is 4.78. The molecular formula is C23H29NO5S. The quantitative estimate of drug-likeness (QED) is 0.611. The van der Waals surface area contributed by atoms with Crippen molar-refractivity contribution in [2.75, 3.05) is 18.5 Å². The van der Waals surface area contributed by atoms with Gasteiger partial charge in [-0.1, -0.05) is 19.1 Å². The summed E-state index contributed by atoms with van der Waals surface area (Å²) in [6.07, 6.45) is 1.75. The average Bonchev–Trinajstić information content (AvgIpc) is 3.03. The number of ether oxygens (including phenoxy) is 3. The van der Waals surface area contributed by atoms with E-state index in [1.165, 1.54) is 11.3 Å². The summed E-state index contributed by atoms with van der Waals surface area (Å²) >= 11 is 1.39. The van der Waals surface area contributed by atoms with Crippen molar-refractivity contribution in [3.63, 3.8) is 0 Å². The maximum absolute atomic E-state index is 12.7. The maximum Gasteiger partial charge on any atom is 0.341 e. The number of benzene rings is 1. The molecule has 0 atom stereocenters. The Morgan fingerprint density at radius 1 is 1.20 bits per heavy atom. The number of thiophene rings is 1. The molecule has 0 bridgehead atoms. The molecule has 1 N–H and O–H groups in total. The zero-order chi connectivity index (χ0) is 21.7. The number of fused-ring (bicyclic) bond motifs is 1. The molecular weight excluding hydrogens is 402 g/mol. The van der Waals surface area contributed by atoms with Crippen LogP contribution in [0, 0.1) is 0 Å². The van der Waals surface area contributed by atoms with Gasteiger partial charge in [0.15, 0.2) is 0 Å². The fraction of sp³-hybridized carbons (Fsp3) is 0.478. The standard InChI is InChI=1S/C23H29NO5S/c1-5-11-28-16-9-7-15(8-10-16)12-19(25)24-21-20(22(26)27-6-2)17-13-23(3,4)29-14-18(17)30-21/h7-10H,5-6,11-14H2,1-4H3,(H,24,25). The van der Waals surface area contributed by atoms with Gasteiger partial charge in [-0.2, -0.15) is 0 Å². The minimum absolute atomic E-state index is 0.179. The Labute approximate surface area is 181 Å². The van der Waals surface area contributed by atoms with E-state index in [0.717, 1.165) is 28.2 Å². The summed E-state index contributed by atoms with van der Waals surface area (Å²) in [6.45, 7) is 9.19. The monoisotopic (exact) mass is 431 g/mol. The number of nitrogens with one attached hydrogen (secondary N) is 1. The Balaban J connectivity index is 1.76. The van der Waals surface area contributed by atoms with Gasteiger partial charge >= 0.3 is 5.97 Å². The Kier molecular flexibility index (Phi) is 7.15. The normalized spacial score (nSPS) is 14.7. The lowest BCUT2D eigenvalue weighted by Crippen LogP contribution is -2.32. The molecule has 1 aromatic carbocycles. The summed E-state index contributed by atoms with van der Waals surface area (Å²) in [7, 11) is 0. The Morgan fingerprint density at radius 3 is 2.60 bits per heavy atom. The number of hydrogen-bond donors (Lipinski definition) is 1. The van der Waals surface area contributed by atoms with E-state index in [-0.39, 0.29) is 24.5 Å². The van der Waals surface area contributed by atoms with Gasteiger partial charge in [-0.3, -0.25) is 4.79 Å². The van der Waals surface area contributed by atoms with Gasteiger partial charge in [0, 0.05) is 11.3 Å². The minimum atomic E-state index is -0.402. The van der Waals surface area contributed by atoms with Crippen molar-refractivity contribution in [1.29, 1.82) is 0 Å². The second-order valence-corrected chi connectivity index (χ2v) is 8.98. The number of carbonyl (C=O) groups is 2. The molecule has 2 aromatic rings. The zero-order valence-corrected chi connectivity index (χ0v) is 18.8. The van der Waals surface area contributed by atoms with Crippen LogP contribution < -0.4 is 10.1 Å². The van der Waals surface area contributed by atoms with E-state index < -0.39 is 5.97 Å². The van der Waals surface area contributed by atoms with Gasteiger partial charge < -0.3 is 19.5 Å². The molecule has 0 saturated carbocycles. The third-order valence-corrected chi connectivity index (χ3v) is 5.90. The van der Waals surface area contributed by atoms with Gasteiger partial charge in [-0.05, 0) is 50.5 Å². The van der Waals surface area contributed by atoms with Gasteiger partial charge in [0.2, 0.25) is 5.91 Å². The first-order valence-electron chi connectivity index (χ1n) is 10.3. The van der Waals surface area contributed by atoms with Crippen molar-refractivity contribution in [1.82, 2.24) is 0 Å². The largest absolute Gasteiger partial charge is 0.494 e. The van der Waals surface area contributed by atoms with Crippen LogP contribution in [-0.4, -0.2) is 30.7 Å². The molecule has 0 radical (unpaired) electrons. The predicted octanol–water partition coefficient (Wildman–Crippen LogP) is 4.75. The van der Waals surface area contributed by atoms with Crippen LogP contribution in [0.5, 0.6) is 5.75 Å². The molecule has 2 heterocycles. The van der Waals surface area contributed by atoms with Gasteiger partial charge in [-0.15, -0.1) is 11.3 Å². The van der Waals surface area contributed by atoms with Crippen LogP contribution in [0.1, 0.15) is 60.5 Å². The molecule has 3 rings (SSSR count). The van der Waals surface area contributed by atoms with E-state index in [4.69, 9.17) is 14.2 Å². The molecule has 0 saturated heterocycles. The molecule has 30 heavy (non-hydrogen) atoms. The molecule has 162 valence electrons. The lowest BCUT2D eigenvalue weighted by Gasteiger charge is -2.30. The molecule has 1 aliphatic heterocycles. The lowest BCUT2D eigenvalue weighted by atomic mass is 9.93. The molecule has 0 aliphatic carbocycles. The fourth-order valence-corrected chi connectivity index (χ4v) is 4.48. The van der Waals surface area contributed by atoms with Crippen LogP contribution in [-0.2, 0) is 33.7 Å². The molecule has 0 spiro atoms. The smallest absolute Gasteiger partial charge is 0.341 e. The number of rotatable bonds is 8. The zero-order valence-electron chi connectivity index (χ0n) is 18.0. The van der Waals surface area contributed by atoms with E-state index in [1.807, 2.05) is 38.1 Å². The van der Waals surface area contributed by atoms with E-state index in [2.05, 4.69) is 12.2 Å². The third kappa shape index (κ3) is 5.40. The van der Waals surface area contributed by atoms with Crippen molar-refractivity contribution < 1.29 is 23.8 Å². The van der Waals surface area contributed by atoms with Gasteiger partial charge in [0.25, 0.3) is 0 Å². The van der Waals surface area contributed by atoms with Gasteiger partial charge in [-0.25, -0.2) is 4.79 Å². The average molecular weight is 432 g/mol. The van der Waals surface area contributed by atoms with Crippen molar-refractivity contribution in [3.8, 4) is 5.75 Å². The van der Waals surface area contributed by atoms with Crippen LogP contribution in [0.2, 0.25) is 0 Å². The molecule has 6 nitrogen and oxygen atoms in total. The summed E-state index contributed by atoms with van der Waals surface area (Å²) in [5.74, 6) is 0.209. The summed E-state index contributed by atoms with van der Waals surface area (Å²) < 4.78 is 16.7. The summed E-state index contributed by atoms with van der Waals surface area (Å²) in [5, 5.41) is 3.46. The Morgan fingerprint density at radius 2 is 1.93 bits per heavy atom. The highest BCUT2D eigenvalue weighted by Crippen LogP contribution is 2.40. The molecule has 1 aromatic heterocycles. The first-order chi connectivity index (χ1) is 14.3. The highest BCUT2D eigenvalue weighted by Gasteiger charge is 2.34. The fourth-order valence-electron chi connectivity index (χ4n) is 3.34. The van der Waals surface area contributed by atoms with E-state index in [0.29, 0.717) is 30.2 Å². The number of carbonyl (C=O) groups excluding carboxylic acids is 2. The summed E-state index contributed by atoms with van der Waals surface area (Å²) in [4.78, 5) is 26.3. The topological polar surface area (TPSA) is 73.9 Å². The second-order valence-electron chi connectivity index (χ2n) is 7.87. The van der Waals surface area contributed by atoms with Crippen molar-refractivity contribution >= 4 is 28.2 Å². The molecule has 1 aliphatic rings. The molecule has 0 fully saturated rings. The van der Waals surface area contributed by atoms with Crippen LogP contribution in [0.15, 0.2) is 24.3 Å². The first-order valence-corrected chi connectivity index (χ1v) is 11.1. The summed E-state index contributed by atoms with van der Waals surface area (Å²) in [5.41, 5.74) is 1.89. The van der Waals surface area contributed by atoms with Crippen LogP contribution >= 0.6 is 11.3 Å². The number of anilines is 1. The van der Waals surface area contributed by atoms with E-state index >= 15 is 0 Å². The maximum atomic E-state index is 12.7. The molecule has 1 amide bonds. The second kappa shape index (κ2) is 9.62. The predicted molar refractivity (Wildman–Crippen MR) is 117 cm³/mol. The number of hydrogen-bond acceptors (Lipinski definition) is 6. The van der Waals surface area contributed by atoms with Gasteiger partial charge in [0.1, 0.15) is 10.8 Å². The van der Waals surface area contributed by atoms with Gasteiger partial charge in [0.05, 0.1) is 37.4 Å². The van der Waals surface area contributed by atoms with Crippen molar-refractivity contribution in [2.45, 2.75) is 59.2 Å². The Bertz CT molecular complexity index is 901. The minimum Gasteiger partial charge on any atom is -0.494 e. The number of amides is 1. The van der Waals surface area contributed by atoms with E-state index in [1.54, 1.807) is 6.92 Å². The highest BCUT2D eigenvalue weighted by molar-refractivity contribution is 7.17. The van der Waals surface area contributed by atoms with Crippen LogP contribution in [0.3, 0.4) is 0 Å². The highest BCUT2D eigenvalue weighted by atomic mass is 32.1.